The Morgan fingerprint density at radius 1 is 1.38 bits per heavy atom. The second kappa shape index (κ2) is 6.75. The standard InChI is InChI=1S/C13H27NOS/c1-5-9-14-12-7-8-13(11(12)4)16(15)10(3)6-2/h10-14H,5-9H2,1-4H3. The van der Waals surface area contributed by atoms with Gasteiger partial charge in [-0.2, -0.15) is 0 Å². The highest BCUT2D eigenvalue weighted by atomic mass is 32.2. The molecule has 5 atom stereocenters. The largest absolute Gasteiger partial charge is 0.314 e. The highest BCUT2D eigenvalue weighted by molar-refractivity contribution is 7.86. The molecule has 96 valence electrons. The van der Waals surface area contributed by atoms with Crippen LogP contribution in [0.3, 0.4) is 0 Å². The molecule has 0 bridgehead atoms. The highest BCUT2D eigenvalue weighted by Gasteiger charge is 2.37. The minimum atomic E-state index is -0.636. The quantitative estimate of drug-likeness (QED) is 0.779. The smallest absolute Gasteiger partial charge is 0.0391 e. The first-order valence-corrected chi connectivity index (χ1v) is 8.02. The van der Waals surface area contributed by atoms with Gasteiger partial charge in [0.1, 0.15) is 0 Å². The lowest BCUT2D eigenvalue weighted by molar-refractivity contribution is 0.428. The van der Waals surface area contributed by atoms with E-state index >= 15 is 0 Å². The van der Waals surface area contributed by atoms with E-state index in [1.54, 1.807) is 0 Å². The molecule has 1 N–H and O–H groups in total. The van der Waals surface area contributed by atoms with Gasteiger partial charge in [-0.05, 0) is 38.1 Å². The van der Waals surface area contributed by atoms with Crippen molar-refractivity contribution in [2.24, 2.45) is 5.92 Å². The Balaban J connectivity index is 2.49. The van der Waals surface area contributed by atoms with Crippen LogP contribution in [-0.4, -0.2) is 27.3 Å². The molecule has 3 heteroatoms. The zero-order valence-electron chi connectivity index (χ0n) is 11.2. The SMILES string of the molecule is CCCNC1CCC(S(=O)C(C)CC)C1C. The maximum Gasteiger partial charge on any atom is 0.0391 e. The lowest BCUT2D eigenvalue weighted by atomic mass is 10.1. The Kier molecular flexibility index (Phi) is 5.98. The van der Waals surface area contributed by atoms with E-state index in [2.05, 4.69) is 33.0 Å². The minimum Gasteiger partial charge on any atom is -0.314 e. The topological polar surface area (TPSA) is 29.1 Å². The first-order valence-electron chi connectivity index (χ1n) is 6.74. The molecule has 0 saturated heterocycles. The Morgan fingerprint density at radius 3 is 2.62 bits per heavy atom. The van der Waals surface area contributed by atoms with Crippen molar-refractivity contribution in [3.8, 4) is 0 Å². The third-order valence-corrected chi connectivity index (χ3v) is 6.30. The van der Waals surface area contributed by atoms with Crippen molar-refractivity contribution < 1.29 is 4.21 Å². The van der Waals surface area contributed by atoms with Crippen molar-refractivity contribution in [2.75, 3.05) is 6.54 Å². The molecular weight excluding hydrogens is 218 g/mol. The Hall–Kier alpha value is 0.110. The fourth-order valence-electron chi connectivity index (χ4n) is 2.54. The van der Waals surface area contributed by atoms with E-state index in [0.29, 0.717) is 22.5 Å². The summed E-state index contributed by atoms with van der Waals surface area (Å²) in [6.45, 7) is 9.81. The summed E-state index contributed by atoms with van der Waals surface area (Å²) in [5.74, 6) is 0.571. The fourth-order valence-corrected chi connectivity index (χ4v) is 4.44. The molecule has 1 fully saturated rings. The van der Waals surface area contributed by atoms with Crippen LogP contribution in [-0.2, 0) is 10.8 Å². The van der Waals surface area contributed by atoms with Gasteiger partial charge in [-0.3, -0.25) is 4.21 Å². The van der Waals surface area contributed by atoms with Crippen LogP contribution in [0.5, 0.6) is 0 Å². The zero-order chi connectivity index (χ0) is 12.1. The van der Waals surface area contributed by atoms with Crippen LogP contribution in [0.25, 0.3) is 0 Å². The van der Waals surface area contributed by atoms with Crippen LogP contribution in [0.4, 0.5) is 0 Å². The van der Waals surface area contributed by atoms with E-state index in [4.69, 9.17) is 0 Å². The maximum atomic E-state index is 12.3. The van der Waals surface area contributed by atoms with E-state index in [0.717, 1.165) is 19.4 Å². The fraction of sp³-hybridized carbons (Fsp3) is 1.00. The average molecular weight is 245 g/mol. The summed E-state index contributed by atoms with van der Waals surface area (Å²) in [4.78, 5) is 0. The third kappa shape index (κ3) is 3.30. The van der Waals surface area contributed by atoms with Crippen LogP contribution in [0, 0.1) is 5.92 Å². The monoisotopic (exact) mass is 245 g/mol. The van der Waals surface area contributed by atoms with Gasteiger partial charge in [0, 0.05) is 27.3 Å². The molecule has 0 aromatic heterocycles. The van der Waals surface area contributed by atoms with Crippen molar-refractivity contribution in [1.82, 2.24) is 5.32 Å². The van der Waals surface area contributed by atoms with E-state index in [1.165, 1.54) is 12.8 Å². The van der Waals surface area contributed by atoms with Crippen LogP contribution >= 0.6 is 0 Å². The second-order valence-electron chi connectivity index (χ2n) is 5.08. The normalized spacial score (nSPS) is 33.9. The highest BCUT2D eigenvalue weighted by Crippen LogP contribution is 2.31. The molecule has 0 spiro atoms. The summed E-state index contributed by atoms with van der Waals surface area (Å²) in [6, 6.07) is 0.595. The molecule has 0 radical (unpaired) electrons. The van der Waals surface area contributed by atoms with Gasteiger partial charge >= 0.3 is 0 Å². The number of rotatable bonds is 6. The molecule has 0 aromatic rings. The van der Waals surface area contributed by atoms with Crippen molar-refractivity contribution >= 4 is 10.8 Å². The van der Waals surface area contributed by atoms with Crippen LogP contribution in [0.1, 0.15) is 53.4 Å². The summed E-state index contributed by atoms with van der Waals surface area (Å²) >= 11 is 0. The molecule has 0 aliphatic heterocycles. The molecule has 1 aliphatic carbocycles. The van der Waals surface area contributed by atoms with E-state index in [-0.39, 0.29) is 0 Å². The predicted molar refractivity (Wildman–Crippen MR) is 72.2 cm³/mol. The zero-order valence-corrected chi connectivity index (χ0v) is 12.0. The number of nitrogens with one attached hydrogen (secondary N) is 1. The van der Waals surface area contributed by atoms with Gasteiger partial charge in [-0.1, -0.05) is 27.7 Å². The van der Waals surface area contributed by atoms with Crippen molar-refractivity contribution in [1.29, 1.82) is 0 Å². The van der Waals surface area contributed by atoms with Gasteiger partial charge in [0.05, 0.1) is 0 Å². The van der Waals surface area contributed by atoms with E-state index < -0.39 is 10.8 Å². The number of hydrogen-bond donors (Lipinski definition) is 1. The van der Waals surface area contributed by atoms with E-state index in [1.807, 2.05) is 0 Å². The molecule has 1 aliphatic rings. The molecule has 2 nitrogen and oxygen atoms in total. The number of hydrogen-bond acceptors (Lipinski definition) is 2. The van der Waals surface area contributed by atoms with Gasteiger partial charge in [0.2, 0.25) is 0 Å². The molecule has 0 heterocycles. The third-order valence-electron chi connectivity index (χ3n) is 3.91. The summed E-state index contributed by atoms with van der Waals surface area (Å²) in [5, 5.41) is 4.37. The lowest BCUT2D eigenvalue weighted by Crippen LogP contribution is -2.36. The lowest BCUT2D eigenvalue weighted by Gasteiger charge is -2.23. The van der Waals surface area contributed by atoms with Crippen LogP contribution < -0.4 is 5.32 Å². The van der Waals surface area contributed by atoms with Gasteiger partial charge < -0.3 is 5.32 Å². The molecule has 1 rings (SSSR count). The van der Waals surface area contributed by atoms with Crippen molar-refractivity contribution in [3.05, 3.63) is 0 Å². The first kappa shape index (κ1) is 14.2. The van der Waals surface area contributed by atoms with Gasteiger partial charge in [-0.25, -0.2) is 0 Å². The Bertz CT molecular complexity index is 232. The second-order valence-corrected chi connectivity index (χ2v) is 7.15. The molecule has 5 unspecified atom stereocenters. The molecule has 0 amide bonds. The van der Waals surface area contributed by atoms with Crippen molar-refractivity contribution in [3.63, 3.8) is 0 Å². The van der Waals surface area contributed by atoms with Gasteiger partial charge in [-0.15, -0.1) is 0 Å². The molecular formula is C13H27NOS. The maximum absolute atomic E-state index is 12.3. The minimum absolute atomic E-state index is 0.359. The van der Waals surface area contributed by atoms with Gasteiger partial charge in [0.25, 0.3) is 0 Å². The summed E-state index contributed by atoms with van der Waals surface area (Å²) < 4.78 is 12.3. The predicted octanol–water partition coefficient (Wildman–Crippen LogP) is 2.70. The van der Waals surface area contributed by atoms with E-state index in [9.17, 15) is 4.21 Å². The summed E-state index contributed by atoms with van der Waals surface area (Å²) in [7, 11) is -0.636. The van der Waals surface area contributed by atoms with Crippen molar-refractivity contribution in [2.45, 2.75) is 69.9 Å². The Morgan fingerprint density at radius 2 is 2.06 bits per heavy atom. The average Bonchev–Trinajstić information content (AvgIpc) is 2.66. The summed E-state index contributed by atoms with van der Waals surface area (Å²) in [5.41, 5.74) is 0. The summed E-state index contributed by atoms with van der Waals surface area (Å²) in [6.07, 6.45) is 4.55. The molecule has 0 aromatic carbocycles. The van der Waals surface area contributed by atoms with Crippen LogP contribution in [0.15, 0.2) is 0 Å². The molecule has 16 heavy (non-hydrogen) atoms. The Labute approximate surface area is 103 Å². The van der Waals surface area contributed by atoms with Crippen LogP contribution in [0.2, 0.25) is 0 Å². The first-order chi connectivity index (χ1) is 7.61. The molecule has 1 saturated carbocycles. The van der Waals surface area contributed by atoms with Gasteiger partial charge in [0.15, 0.2) is 0 Å².